The van der Waals surface area contributed by atoms with E-state index in [-0.39, 0.29) is 0 Å². The minimum absolute atomic E-state index is 0.512. The Morgan fingerprint density at radius 1 is 1.35 bits per heavy atom. The van der Waals surface area contributed by atoms with Crippen LogP contribution < -0.4 is 5.32 Å². The summed E-state index contributed by atoms with van der Waals surface area (Å²) >= 11 is 1.96. The van der Waals surface area contributed by atoms with Crippen LogP contribution in [-0.2, 0) is 6.42 Å². The van der Waals surface area contributed by atoms with Crippen LogP contribution in [0.1, 0.15) is 56.3 Å². The average Bonchev–Trinajstić information content (AvgIpc) is 2.91. The Labute approximate surface area is 110 Å². The molecule has 1 saturated carbocycles. The van der Waals surface area contributed by atoms with Crippen molar-refractivity contribution in [3.63, 3.8) is 0 Å². The van der Waals surface area contributed by atoms with Crippen molar-refractivity contribution >= 4 is 11.3 Å². The molecule has 1 aliphatic rings. The van der Waals surface area contributed by atoms with Gasteiger partial charge >= 0.3 is 0 Å². The van der Waals surface area contributed by atoms with Gasteiger partial charge in [-0.05, 0) is 50.2 Å². The second-order valence-electron chi connectivity index (χ2n) is 5.57. The van der Waals surface area contributed by atoms with Crippen LogP contribution in [0.25, 0.3) is 0 Å². The molecule has 17 heavy (non-hydrogen) atoms. The highest BCUT2D eigenvalue weighted by Gasteiger charge is 2.30. The maximum atomic E-state index is 3.82. The lowest BCUT2D eigenvalue weighted by Crippen LogP contribution is -2.34. The second-order valence-corrected chi connectivity index (χ2v) is 6.77. The molecule has 2 rings (SSSR count). The summed E-state index contributed by atoms with van der Waals surface area (Å²) in [5, 5.41) is 3.82. The van der Waals surface area contributed by atoms with Gasteiger partial charge in [0.1, 0.15) is 0 Å². The third-order valence-electron chi connectivity index (χ3n) is 4.39. The lowest BCUT2D eigenvalue weighted by Gasteiger charge is -2.23. The van der Waals surface area contributed by atoms with Crippen molar-refractivity contribution in [2.24, 2.45) is 11.8 Å². The number of aryl methyl sites for hydroxylation is 1. The zero-order chi connectivity index (χ0) is 12.4. The summed E-state index contributed by atoms with van der Waals surface area (Å²) in [7, 11) is 0. The van der Waals surface area contributed by atoms with Crippen LogP contribution in [0.2, 0.25) is 0 Å². The molecule has 0 aromatic carbocycles. The average molecular weight is 251 g/mol. The van der Waals surface area contributed by atoms with E-state index >= 15 is 0 Å². The Kier molecular flexibility index (Phi) is 4.26. The van der Waals surface area contributed by atoms with Crippen LogP contribution in [-0.4, -0.2) is 6.04 Å². The number of hydrogen-bond acceptors (Lipinski definition) is 2. The maximum Gasteiger partial charge on any atom is 0.0388 e. The quantitative estimate of drug-likeness (QED) is 0.836. The Bertz CT molecular complexity index is 358. The van der Waals surface area contributed by atoms with Gasteiger partial charge in [0.25, 0.3) is 0 Å². The Hall–Kier alpha value is -0.340. The summed E-state index contributed by atoms with van der Waals surface area (Å²) in [4.78, 5) is 3.00. The first-order chi connectivity index (χ1) is 8.11. The van der Waals surface area contributed by atoms with E-state index in [1.54, 1.807) is 0 Å². The molecule has 0 saturated heterocycles. The summed E-state index contributed by atoms with van der Waals surface area (Å²) in [6.07, 6.45) is 3.89. The molecule has 2 heteroatoms. The molecule has 1 fully saturated rings. The molecule has 0 amide bonds. The van der Waals surface area contributed by atoms with Crippen LogP contribution in [0.5, 0.6) is 0 Å². The number of rotatable bonds is 4. The Morgan fingerprint density at radius 3 is 2.65 bits per heavy atom. The van der Waals surface area contributed by atoms with Crippen molar-refractivity contribution in [3.05, 3.63) is 21.9 Å². The van der Waals surface area contributed by atoms with E-state index in [1.807, 2.05) is 11.3 Å². The van der Waals surface area contributed by atoms with Crippen LogP contribution in [0.4, 0.5) is 0 Å². The molecule has 1 heterocycles. The minimum atomic E-state index is 0.512. The lowest BCUT2D eigenvalue weighted by atomic mass is 9.97. The standard InChI is InChI=1S/C15H25NS/c1-5-13-7-9-15(17-13)12(4)16-14-8-6-10(2)11(14)3/h7,9-12,14,16H,5-6,8H2,1-4H3. The molecule has 0 aliphatic heterocycles. The molecule has 1 N–H and O–H groups in total. The zero-order valence-electron chi connectivity index (χ0n) is 11.5. The smallest absolute Gasteiger partial charge is 0.0388 e. The van der Waals surface area contributed by atoms with Gasteiger partial charge in [-0.3, -0.25) is 0 Å². The third kappa shape index (κ3) is 2.92. The van der Waals surface area contributed by atoms with Crippen LogP contribution in [0.3, 0.4) is 0 Å². The molecular formula is C15H25NS. The molecule has 4 unspecified atom stereocenters. The summed E-state index contributed by atoms with van der Waals surface area (Å²) in [6, 6.07) is 5.80. The lowest BCUT2D eigenvalue weighted by molar-refractivity contribution is 0.348. The monoisotopic (exact) mass is 251 g/mol. The van der Waals surface area contributed by atoms with Crippen molar-refractivity contribution in [1.29, 1.82) is 0 Å². The summed E-state index contributed by atoms with van der Waals surface area (Å²) in [5.74, 6) is 1.71. The maximum absolute atomic E-state index is 3.82. The predicted octanol–water partition coefficient (Wildman–Crippen LogP) is 4.40. The van der Waals surface area contributed by atoms with Crippen molar-refractivity contribution in [2.75, 3.05) is 0 Å². The zero-order valence-corrected chi connectivity index (χ0v) is 12.3. The van der Waals surface area contributed by atoms with Gasteiger partial charge in [-0.2, -0.15) is 0 Å². The number of hydrogen-bond donors (Lipinski definition) is 1. The van der Waals surface area contributed by atoms with E-state index in [1.165, 1.54) is 22.6 Å². The molecule has 1 nitrogen and oxygen atoms in total. The highest BCUT2D eigenvalue weighted by molar-refractivity contribution is 7.12. The predicted molar refractivity (Wildman–Crippen MR) is 76.6 cm³/mol. The summed E-state index contributed by atoms with van der Waals surface area (Å²) in [5.41, 5.74) is 0. The number of nitrogens with one attached hydrogen (secondary N) is 1. The van der Waals surface area contributed by atoms with E-state index in [9.17, 15) is 0 Å². The fraction of sp³-hybridized carbons (Fsp3) is 0.733. The fourth-order valence-electron chi connectivity index (χ4n) is 2.82. The van der Waals surface area contributed by atoms with Crippen LogP contribution >= 0.6 is 11.3 Å². The molecule has 1 aliphatic carbocycles. The van der Waals surface area contributed by atoms with Gasteiger partial charge in [-0.1, -0.05) is 20.8 Å². The van der Waals surface area contributed by atoms with E-state index < -0.39 is 0 Å². The minimum Gasteiger partial charge on any atom is -0.306 e. The Morgan fingerprint density at radius 2 is 2.12 bits per heavy atom. The number of thiophene rings is 1. The van der Waals surface area contributed by atoms with E-state index in [2.05, 4.69) is 45.1 Å². The molecular weight excluding hydrogens is 226 g/mol. The normalized spacial score (nSPS) is 30.7. The van der Waals surface area contributed by atoms with Crippen LogP contribution in [0, 0.1) is 11.8 Å². The van der Waals surface area contributed by atoms with Gasteiger partial charge in [0.05, 0.1) is 0 Å². The van der Waals surface area contributed by atoms with Gasteiger partial charge in [0.15, 0.2) is 0 Å². The van der Waals surface area contributed by atoms with Gasteiger partial charge in [0.2, 0.25) is 0 Å². The Balaban J connectivity index is 1.94. The first kappa shape index (κ1) is 13.1. The highest BCUT2D eigenvalue weighted by Crippen LogP contribution is 2.33. The second kappa shape index (κ2) is 5.53. The van der Waals surface area contributed by atoms with Crippen molar-refractivity contribution < 1.29 is 0 Å². The SMILES string of the molecule is CCc1ccc(C(C)NC2CCC(C)C2C)s1. The van der Waals surface area contributed by atoms with Crippen molar-refractivity contribution in [2.45, 2.75) is 59.0 Å². The first-order valence-electron chi connectivity index (χ1n) is 6.96. The van der Waals surface area contributed by atoms with Gasteiger partial charge in [-0.15, -0.1) is 11.3 Å². The van der Waals surface area contributed by atoms with Gasteiger partial charge in [0, 0.05) is 21.8 Å². The molecule has 1 aromatic rings. The molecule has 1 aromatic heterocycles. The highest BCUT2D eigenvalue weighted by atomic mass is 32.1. The summed E-state index contributed by atoms with van der Waals surface area (Å²) in [6.45, 7) is 9.32. The molecule has 0 radical (unpaired) electrons. The van der Waals surface area contributed by atoms with Crippen LogP contribution in [0.15, 0.2) is 12.1 Å². The van der Waals surface area contributed by atoms with E-state index in [0.717, 1.165) is 18.3 Å². The molecule has 0 spiro atoms. The van der Waals surface area contributed by atoms with Gasteiger partial charge < -0.3 is 5.32 Å². The van der Waals surface area contributed by atoms with E-state index in [4.69, 9.17) is 0 Å². The topological polar surface area (TPSA) is 12.0 Å². The molecule has 0 bridgehead atoms. The van der Waals surface area contributed by atoms with Gasteiger partial charge in [-0.25, -0.2) is 0 Å². The largest absolute Gasteiger partial charge is 0.306 e. The van der Waals surface area contributed by atoms with Crippen molar-refractivity contribution in [1.82, 2.24) is 5.32 Å². The van der Waals surface area contributed by atoms with Crippen molar-refractivity contribution in [3.8, 4) is 0 Å². The third-order valence-corrected chi connectivity index (χ3v) is 5.80. The summed E-state index contributed by atoms with van der Waals surface area (Å²) < 4.78 is 0. The fourth-order valence-corrected chi connectivity index (χ4v) is 3.78. The molecule has 4 atom stereocenters. The first-order valence-corrected chi connectivity index (χ1v) is 7.78. The van der Waals surface area contributed by atoms with E-state index in [0.29, 0.717) is 12.1 Å². The molecule has 96 valence electrons.